The summed E-state index contributed by atoms with van der Waals surface area (Å²) in [6.45, 7) is 6.01. The van der Waals surface area contributed by atoms with Crippen molar-refractivity contribution < 1.29 is 17.9 Å². The van der Waals surface area contributed by atoms with Gasteiger partial charge in [0.15, 0.2) is 0 Å². The van der Waals surface area contributed by atoms with Crippen molar-refractivity contribution in [2.75, 3.05) is 33.9 Å². The van der Waals surface area contributed by atoms with Gasteiger partial charge in [0.05, 0.1) is 20.3 Å². The van der Waals surface area contributed by atoms with Gasteiger partial charge in [-0.2, -0.15) is 17.0 Å². The molecule has 3 atom stereocenters. The maximum absolute atomic E-state index is 13.4. The molecule has 2 aliphatic rings. The lowest BCUT2D eigenvalue weighted by Crippen LogP contribution is -2.49. The topological polar surface area (TPSA) is 59.1 Å². The Labute approximate surface area is 157 Å². The van der Waals surface area contributed by atoms with Crippen LogP contribution in [0.15, 0.2) is 18.2 Å². The van der Waals surface area contributed by atoms with E-state index in [4.69, 9.17) is 9.47 Å². The first-order chi connectivity index (χ1) is 12.4. The summed E-state index contributed by atoms with van der Waals surface area (Å²) < 4.78 is 41.0. The number of piperidine rings is 1. The molecular weight excluding hydrogens is 352 g/mol. The molecule has 6 nitrogen and oxygen atoms in total. The number of methoxy groups -OCH3 is 2. The Bertz CT molecular complexity index is 727. The van der Waals surface area contributed by atoms with Gasteiger partial charge in [-0.15, -0.1) is 0 Å². The zero-order valence-corrected chi connectivity index (χ0v) is 17.0. The van der Waals surface area contributed by atoms with Crippen molar-refractivity contribution in [2.45, 2.75) is 39.2 Å². The van der Waals surface area contributed by atoms with Crippen molar-refractivity contribution in [3.05, 3.63) is 23.8 Å². The van der Waals surface area contributed by atoms with Gasteiger partial charge >= 0.3 is 0 Å². The van der Waals surface area contributed by atoms with E-state index in [0.29, 0.717) is 43.0 Å². The average molecular weight is 383 g/mol. The lowest BCUT2D eigenvalue weighted by atomic mass is 9.94. The molecule has 2 heterocycles. The van der Waals surface area contributed by atoms with Gasteiger partial charge in [0.25, 0.3) is 10.2 Å². The molecule has 0 bridgehead atoms. The summed E-state index contributed by atoms with van der Waals surface area (Å²) in [5.41, 5.74) is 0.881. The normalized spacial score (nSPS) is 28.2. The molecule has 0 N–H and O–H groups in total. The standard InChI is InChI=1S/C19H30N2O4S/c1-14-10-15(2)13-20(12-14)26(22,23)21-9-5-6-18(21)17-11-16(24-3)7-8-19(17)25-4/h7-8,11,14-15,18H,5-6,9-10,12-13H2,1-4H3. The Morgan fingerprint density at radius 2 is 1.77 bits per heavy atom. The lowest BCUT2D eigenvalue weighted by Gasteiger charge is -2.38. The van der Waals surface area contributed by atoms with Crippen LogP contribution >= 0.6 is 0 Å². The van der Waals surface area contributed by atoms with Crippen molar-refractivity contribution in [3.63, 3.8) is 0 Å². The number of nitrogens with zero attached hydrogens (tertiary/aromatic N) is 2. The van der Waals surface area contributed by atoms with Crippen molar-refractivity contribution in [3.8, 4) is 11.5 Å². The summed E-state index contributed by atoms with van der Waals surface area (Å²) in [5.74, 6) is 2.20. The minimum absolute atomic E-state index is 0.211. The van der Waals surface area contributed by atoms with Gasteiger partial charge in [0, 0.05) is 25.2 Å². The predicted molar refractivity (Wildman–Crippen MR) is 102 cm³/mol. The van der Waals surface area contributed by atoms with E-state index in [1.165, 1.54) is 0 Å². The quantitative estimate of drug-likeness (QED) is 0.785. The van der Waals surface area contributed by atoms with Gasteiger partial charge in [-0.05, 0) is 49.3 Å². The number of benzene rings is 1. The molecule has 0 radical (unpaired) electrons. The van der Waals surface area contributed by atoms with Crippen LogP contribution in [-0.4, -0.2) is 50.9 Å². The number of rotatable bonds is 5. The van der Waals surface area contributed by atoms with Gasteiger partial charge in [-0.25, -0.2) is 0 Å². The van der Waals surface area contributed by atoms with Crippen LogP contribution in [-0.2, 0) is 10.2 Å². The van der Waals surface area contributed by atoms with E-state index in [1.807, 2.05) is 18.2 Å². The highest BCUT2D eigenvalue weighted by molar-refractivity contribution is 7.86. The fourth-order valence-electron chi connectivity index (χ4n) is 4.37. The van der Waals surface area contributed by atoms with Crippen LogP contribution in [0.4, 0.5) is 0 Å². The number of hydrogen-bond donors (Lipinski definition) is 0. The molecule has 1 aromatic rings. The molecule has 2 aliphatic heterocycles. The molecule has 2 fully saturated rings. The molecule has 0 spiro atoms. The number of ether oxygens (including phenoxy) is 2. The van der Waals surface area contributed by atoms with Crippen LogP contribution in [0.25, 0.3) is 0 Å². The Hall–Kier alpha value is -1.31. The second-order valence-electron chi connectivity index (χ2n) is 7.65. The second-order valence-corrected chi connectivity index (χ2v) is 9.53. The highest BCUT2D eigenvalue weighted by Crippen LogP contribution is 2.41. The minimum atomic E-state index is -3.50. The summed E-state index contributed by atoms with van der Waals surface area (Å²) in [4.78, 5) is 0. The Morgan fingerprint density at radius 3 is 2.38 bits per heavy atom. The van der Waals surface area contributed by atoms with Gasteiger partial charge in [0.1, 0.15) is 11.5 Å². The first-order valence-corrected chi connectivity index (χ1v) is 10.7. The summed E-state index contributed by atoms with van der Waals surface area (Å²) >= 11 is 0. The van der Waals surface area contributed by atoms with Crippen molar-refractivity contribution >= 4 is 10.2 Å². The van der Waals surface area contributed by atoms with E-state index in [-0.39, 0.29) is 6.04 Å². The van der Waals surface area contributed by atoms with E-state index in [1.54, 1.807) is 22.8 Å². The monoisotopic (exact) mass is 382 g/mol. The molecule has 3 rings (SSSR count). The van der Waals surface area contributed by atoms with Gasteiger partial charge < -0.3 is 9.47 Å². The minimum Gasteiger partial charge on any atom is -0.497 e. The maximum atomic E-state index is 13.4. The molecule has 0 aliphatic carbocycles. The predicted octanol–water partition coefficient (Wildman–Crippen LogP) is 3.06. The Morgan fingerprint density at radius 1 is 1.08 bits per heavy atom. The van der Waals surface area contributed by atoms with E-state index in [9.17, 15) is 8.42 Å². The SMILES string of the molecule is COc1ccc(OC)c(C2CCCN2S(=O)(=O)N2CC(C)CC(C)C2)c1. The smallest absolute Gasteiger partial charge is 0.282 e. The third kappa shape index (κ3) is 3.70. The van der Waals surface area contributed by atoms with Gasteiger partial charge in [-0.1, -0.05) is 13.8 Å². The third-order valence-electron chi connectivity index (χ3n) is 5.46. The van der Waals surface area contributed by atoms with Gasteiger partial charge in [-0.3, -0.25) is 0 Å². The molecule has 2 saturated heterocycles. The average Bonchev–Trinajstić information content (AvgIpc) is 3.10. The van der Waals surface area contributed by atoms with Crippen molar-refractivity contribution in [1.29, 1.82) is 0 Å². The molecule has 146 valence electrons. The summed E-state index contributed by atoms with van der Waals surface area (Å²) in [7, 11) is -0.265. The zero-order valence-electron chi connectivity index (χ0n) is 16.1. The number of hydrogen-bond acceptors (Lipinski definition) is 4. The van der Waals surface area contributed by atoms with Crippen LogP contribution in [0.1, 0.15) is 44.7 Å². The third-order valence-corrected chi connectivity index (χ3v) is 7.44. The maximum Gasteiger partial charge on any atom is 0.282 e. The molecule has 26 heavy (non-hydrogen) atoms. The lowest BCUT2D eigenvalue weighted by molar-refractivity contribution is 0.206. The summed E-state index contributed by atoms with van der Waals surface area (Å²) in [6, 6.07) is 5.38. The first-order valence-electron chi connectivity index (χ1n) is 9.35. The van der Waals surface area contributed by atoms with Crippen LogP contribution in [0, 0.1) is 11.8 Å². The fourth-order valence-corrected chi connectivity index (χ4v) is 6.45. The van der Waals surface area contributed by atoms with E-state index >= 15 is 0 Å². The Balaban J connectivity index is 1.93. The van der Waals surface area contributed by atoms with Crippen molar-refractivity contribution in [2.24, 2.45) is 11.8 Å². The molecule has 3 unspecified atom stereocenters. The molecule has 7 heteroatoms. The highest BCUT2D eigenvalue weighted by atomic mass is 32.2. The van der Waals surface area contributed by atoms with E-state index < -0.39 is 10.2 Å². The van der Waals surface area contributed by atoms with Crippen LogP contribution in [0.3, 0.4) is 0 Å². The molecule has 0 aromatic heterocycles. The van der Waals surface area contributed by atoms with Gasteiger partial charge in [0.2, 0.25) is 0 Å². The van der Waals surface area contributed by atoms with Crippen LogP contribution in [0.2, 0.25) is 0 Å². The molecular formula is C19H30N2O4S. The van der Waals surface area contributed by atoms with Crippen molar-refractivity contribution in [1.82, 2.24) is 8.61 Å². The summed E-state index contributed by atoms with van der Waals surface area (Å²) in [6.07, 6.45) is 2.73. The molecule has 0 saturated carbocycles. The first kappa shape index (κ1) is 19.5. The Kier molecular flexibility index (Phi) is 5.79. The molecule has 0 amide bonds. The highest BCUT2D eigenvalue weighted by Gasteiger charge is 2.41. The summed E-state index contributed by atoms with van der Waals surface area (Å²) in [5, 5.41) is 0. The van der Waals surface area contributed by atoms with E-state index in [0.717, 1.165) is 24.8 Å². The zero-order chi connectivity index (χ0) is 18.9. The second kappa shape index (κ2) is 7.74. The molecule has 1 aromatic carbocycles. The van der Waals surface area contributed by atoms with Crippen LogP contribution in [0.5, 0.6) is 11.5 Å². The largest absolute Gasteiger partial charge is 0.497 e. The fraction of sp³-hybridized carbons (Fsp3) is 0.684. The van der Waals surface area contributed by atoms with E-state index in [2.05, 4.69) is 13.8 Å². The van der Waals surface area contributed by atoms with Crippen LogP contribution < -0.4 is 9.47 Å².